The first-order chi connectivity index (χ1) is 5.16. The van der Waals surface area contributed by atoms with E-state index in [1.54, 1.807) is 0 Å². The molecular weight excluding hydrogens is 184 g/mol. The third kappa shape index (κ3) is 8.26. The molecule has 1 N–H and O–H groups in total. The number of aliphatic hydroxyl groups excluding tert-OH is 1. The Morgan fingerprint density at radius 1 is 1.64 bits per heavy atom. The van der Waals surface area contributed by atoms with Crippen molar-refractivity contribution in [3.05, 3.63) is 11.3 Å². The molecule has 1 nitrogen and oxygen atoms in total. The lowest BCUT2D eigenvalue weighted by molar-refractivity contribution is 0.272. The minimum Gasteiger partial charge on any atom is -0.398 e. The molecule has 0 aliphatic rings. The maximum absolute atomic E-state index is 9.45. The van der Waals surface area contributed by atoms with Gasteiger partial charge in [-0.3, -0.25) is 0 Å². The van der Waals surface area contributed by atoms with E-state index in [4.69, 9.17) is 0 Å². The molecule has 1 unspecified atom stereocenters. The van der Waals surface area contributed by atoms with Crippen molar-refractivity contribution in [2.45, 2.75) is 31.3 Å². The normalized spacial score (nSPS) is 15.2. The minimum absolute atomic E-state index is 0.0658. The van der Waals surface area contributed by atoms with Crippen LogP contribution in [0.4, 0.5) is 0 Å². The highest BCUT2D eigenvalue weighted by Crippen LogP contribution is 1.94. The number of hydrogen-bond donors (Lipinski definition) is 1. The zero-order chi connectivity index (χ0) is 8.69. The van der Waals surface area contributed by atoms with Gasteiger partial charge in [-0.05, 0) is 30.1 Å². The second-order valence-corrected chi connectivity index (χ2v) is 10.4. The van der Waals surface area contributed by atoms with Crippen LogP contribution in [0.25, 0.3) is 0 Å². The molecule has 0 bridgehead atoms. The van der Waals surface area contributed by atoms with Crippen molar-refractivity contribution in [3.63, 3.8) is 0 Å². The fourth-order valence-corrected chi connectivity index (χ4v) is 6.70. The van der Waals surface area contributed by atoms with Gasteiger partial charge in [0.2, 0.25) is 0 Å². The van der Waals surface area contributed by atoms with Crippen LogP contribution >= 0.6 is 0 Å². The summed E-state index contributed by atoms with van der Waals surface area (Å²) in [4.78, 5) is 0. The smallest absolute Gasteiger partial charge is 0.0514 e. The Morgan fingerprint density at radius 2 is 2.27 bits per heavy atom. The van der Waals surface area contributed by atoms with Crippen molar-refractivity contribution in [1.29, 1.82) is 0 Å². The van der Waals surface area contributed by atoms with Gasteiger partial charge in [-0.2, -0.15) is 0 Å². The molecule has 0 saturated carbocycles. The lowest BCUT2D eigenvalue weighted by Crippen LogP contribution is -2.17. The first-order valence-corrected chi connectivity index (χ1v) is 9.53. The van der Waals surface area contributed by atoms with Gasteiger partial charge in [-0.1, -0.05) is 11.2 Å². The molecule has 11 heavy (non-hydrogen) atoms. The molecule has 4 heteroatoms. The van der Waals surface area contributed by atoms with Gasteiger partial charge >= 0.3 is 0 Å². The molecule has 0 rings (SSSR count). The van der Waals surface area contributed by atoms with E-state index in [0.717, 1.165) is 6.04 Å². The summed E-state index contributed by atoms with van der Waals surface area (Å²) in [6.45, 7) is 4.28. The van der Waals surface area contributed by atoms with Crippen LogP contribution in [0.5, 0.6) is 0 Å². The summed E-state index contributed by atoms with van der Waals surface area (Å²) in [7, 11) is 1.15. The van der Waals surface area contributed by atoms with Crippen LogP contribution in [0.1, 0.15) is 13.8 Å². The maximum atomic E-state index is 9.45. The fraction of sp³-hybridized carbons (Fsp3) is 0.714. The van der Waals surface area contributed by atoms with Gasteiger partial charge in [-0.25, -0.2) is 0 Å². The number of aliphatic hydroxyl groups is 1. The van der Waals surface area contributed by atoms with Crippen LogP contribution in [0.2, 0.25) is 11.7 Å². The molecule has 0 radical (unpaired) electrons. The van der Waals surface area contributed by atoms with Crippen molar-refractivity contribution in [2.75, 3.05) is 0 Å². The zero-order valence-corrected chi connectivity index (χ0v) is 12.8. The Labute approximate surface area is 77.4 Å². The number of rotatable bonds is 5. The summed E-state index contributed by atoms with van der Waals surface area (Å²) in [5, 5.41) is 9.45. The van der Waals surface area contributed by atoms with Crippen LogP contribution < -0.4 is 0 Å². The highest BCUT2D eigenvalue weighted by Gasteiger charge is 2.00. The molecule has 0 fully saturated rings. The summed E-state index contributed by atoms with van der Waals surface area (Å²) >= 11 is 0. The lowest BCUT2D eigenvalue weighted by Gasteiger charge is -2.05. The molecule has 0 spiro atoms. The topological polar surface area (TPSA) is 20.2 Å². The second kappa shape index (κ2) is 7.02. The van der Waals surface area contributed by atoms with E-state index in [2.05, 4.69) is 19.5 Å². The Kier molecular flexibility index (Phi) is 7.25. The first-order valence-electron chi connectivity index (χ1n) is 4.48. The molecule has 0 heterocycles. The van der Waals surface area contributed by atoms with E-state index < -0.39 is 0 Å². The van der Waals surface area contributed by atoms with Gasteiger partial charge in [0.1, 0.15) is 0 Å². The summed E-state index contributed by atoms with van der Waals surface area (Å²) in [6, 6.07) is 1.14. The van der Waals surface area contributed by atoms with E-state index in [9.17, 15) is 5.11 Å². The van der Waals surface area contributed by atoms with Gasteiger partial charge in [0.15, 0.2) is 0 Å². The van der Waals surface area contributed by atoms with Crippen molar-refractivity contribution >= 4 is 29.3 Å². The van der Waals surface area contributed by atoms with Crippen molar-refractivity contribution in [1.82, 2.24) is 0 Å². The van der Waals surface area contributed by atoms with E-state index in [1.807, 2.05) is 0 Å². The molecule has 0 aromatic rings. The van der Waals surface area contributed by atoms with Crippen LogP contribution in [0.15, 0.2) is 11.3 Å². The maximum Gasteiger partial charge on any atom is 0.0514 e. The lowest BCUT2D eigenvalue weighted by atomic mass is 10.4. The first kappa shape index (κ1) is 11.4. The third-order valence-electron chi connectivity index (χ3n) is 1.67. The molecule has 0 saturated heterocycles. The summed E-state index contributed by atoms with van der Waals surface area (Å²) in [5.41, 5.74) is 5.31. The van der Waals surface area contributed by atoms with E-state index in [1.165, 1.54) is 21.5 Å². The van der Waals surface area contributed by atoms with Gasteiger partial charge in [-0.15, -0.1) is 5.70 Å². The number of hydrogen-bond acceptors (Lipinski definition) is 1. The highest BCUT2D eigenvalue weighted by molar-refractivity contribution is 6.51. The van der Waals surface area contributed by atoms with Crippen LogP contribution in [0.3, 0.4) is 0 Å². The van der Waals surface area contributed by atoms with E-state index >= 15 is 0 Å². The Hall–Kier alpha value is 0.351. The van der Waals surface area contributed by atoms with Gasteiger partial charge in [0, 0.05) is 15.2 Å². The predicted molar refractivity (Wildman–Crippen MR) is 62.1 cm³/mol. The Morgan fingerprint density at radius 3 is 2.73 bits per heavy atom. The van der Waals surface area contributed by atoms with Gasteiger partial charge in [0.05, 0.1) is 9.52 Å². The Bertz CT molecular complexity index is 121. The van der Waals surface area contributed by atoms with Gasteiger partial charge < -0.3 is 5.11 Å². The molecular formula is C7H20OSi3. The van der Waals surface area contributed by atoms with Gasteiger partial charge in [0.25, 0.3) is 0 Å². The highest BCUT2D eigenvalue weighted by atomic mass is 28.2. The monoisotopic (exact) mass is 204 g/mol. The van der Waals surface area contributed by atoms with Crippen molar-refractivity contribution in [3.8, 4) is 0 Å². The van der Waals surface area contributed by atoms with E-state index in [-0.39, 0.29) is 24.8 Å². The quantitative estimate of drug-likeness (QED) is 0.554. The molecule has 1 atom stereocenters. The largest absolute Gasteiger partial charge is 0.398 e. The molecule has 0 aliphatic heterocycles. The van der Waals surface area contributed by atoms with Crippen molar-refractivity contribution in [2.24, 2.45) is 0 Å². The average Bonchev–Trinajstić information content (AvgIpc) is 1.87. The molecule has 0 amide bonds. The molecule has 0 aromatic heterocycles. The predicted octanol–water partition coefficient (Wildman–Crippen LogP) is -1.27. The SMILES string of the molecule is CC(C)=C[SiH2]CC(O)[SiH2]C[SiH3]. The average molecular weight is 204 g/mol. The van der Waals surface area contributed by atoms with Crippen LogP contribution in [0, 0.1) is 0 Å². The summed E-state index contributed by atoms with van der Waals surface area (Å²) < 4.78 is 0. The summed E-state index contributed by atoms with van der Waals surface area (Å²) in [5.74, 6) is 0. The van der Waals surface area contributed by atoms with Crippen molar-refractivity contribution < 1.29 is 5.11 Å². The molecule has 0 aromatic carbocycles. The Balaban J connectivity index is 3.31. The van der Waals surface area contributed by atoms with Crippen LogP contribution in [-0.2, 0) is 0 Å². The van der Waals surface area contributed by atoms with Crippen LogP contribution in [-0.4, -0.2) is 40.1 Å². The minimum atomic E-state index is -0.0760. The van der Waals surface area contributed by atoms with E-state index in [0.29, 0.717) is 0 Å². The second-order valence-electron chi connectivity index (χ2n) is 3.30. The molecule has 66 valence electrons. The standard InChI is InChI=1S/C7H20OSi3/c1-6(2)3-10-4-7(8)11-5-9/h3,7-8H,4-5,10-11H2,1-2,9H3. The number of allylic oxidation sites excluding steroid dienone is 1. The molecule has 0 aliphatic carbocycles. The fourth-order valence-electron chi connectivity index (χ4n) is 1.04. The summed E-state index contributed by atoms with van der Waals surface area (Å²) in [6.07, 6.45) is 0. The zero-order valence-electron chi connectivity index (χ0n) is 7.93. The third-order valence-corrected chi connectivity index (χ3v) is 7.98.